The molecule has 4 rings (SSSR count). The van der Waals surface area contributed by atoms with Crippen molar-refractivity contribution in [3.63, 3.8) is 0 Å². The lowest BCUT2D eigenvalue weighted by atomic mass is 10.0. The van der Waals surface area contributed by atoms with Gasteiger partial charge in [0.2, 0.25) is 5.91 Å². The molecule has 8 heteroatoms. The van der Waals surface area contributed by atoms with Crippen molar-refractivity contribution in [3.05, 3.63) is 102 Å². The van der Waals surface area contributed by atoms with Crippen LogP contribution < -0.4 is 21.3 Å². The van der Waals surface area contributed by atoms with Crippen molar-refractivity contribution in [1.82, 2.24) is 16.0 Å². The van der Waals surface area contributed by atoms with Gasteiger partial charge in [-0.1, -0.05) is 72.8 Å². The molecule has 3 aromatic carbocycles. The molecule has 0 bridgehead atoms. The average Bonchev–Trinajstić information content (AvgIpc) is 3.66. The number of ether oxygens (including phenoxy) is 1. The summed E-state index contributed by atoms with van der Waals surface area (Å²) in [6, 6.07) is 25.5. The van der Waals surface area contributed by atoms with Crippen LogP contribution in [-0.4, -0.2) is 35.7 Å². The van der Waals surface area contributed by atoms with E-state index in [-0.39, 0.29) is 23.5 Å². The average molecular weight is 529 g/mol. The van der Waals surface area contributed by atoms with Gasteiger partial charge in [0.15, 0.2) is 0 Å². The Morgan fingerprint density at radius 3 is 2.10 bits per heavy atom. The highest BCUT2D eigenvalue weighted by Gasteiger charge is 2.42. The molecule has 0 aromatic heterocycles. The summed E-state index contributed by atoms with van der Waals surface area (Å²) in [4.78, 5) is 37.9. The number of amides is 4. The molecule has 3 atom stereocenters. The van der Waals surface area contributed by atoms with Crippen molar-refractivity contribution in [3.8, 4) is 0 Å². The number of nitrogens with one attached hydrogen (secondary N) is 4. The van der Waals surface area contributed by atoms with E-state index >= 15 is 0 Å². The Labute approximate surface area is 229 Å². The summed E-state index contributed by atoms with van der Waals surface area (Å²) < 4.78 is 5.51. The van der Waals surface area contributed by atoms with E-state index in [4.69, 9.17) is 4.74 Å². The molecule has 3 aromatic rings. The number of hydrogen-bond acceptors (Lipinski definition) is 4. The minimum absolute atomic E-state index is 0.140. The third-order valence-corrected chi connectivity index (χ3v) is 6.27. The van der Waals surface area contributed by atoms with Gasteiger partial charge in [-0.25, -0.2) is 9.59 Å². The number of urea groups is 1. The van der Waals surface area contributed by atoms with Gasteiger partial charge in [0.25, 0.3) is 0 Å². The lowest BCUT2D eigenvalue weighted by Crippen LogP contribution is -2.49. The molecule has 4 N–H and O–H groups in total. The number of hydrogen-bond donors (Lipinski definition) is 4. The lowest BCUT2D eigenvalue weighted by Gasteiger charge is -2.20. The molecule has 1 unspecified atom stereocenters. The fourth-order valence-corrected chi connectivity index (χ4v) is 4.22. The summed E-state index contributed by atoms with van der Waals surface area (Å²) in [7, 11) is 0. The van der Waals surface area contributed by atoms with E-state index in [0.29, 0.717) is 18.7 Å². The predicted octanol–water partition coefficient (Wildman–Crippen LogP) is 5.12. The highest BCUT2D eigenvalue weighted by atomic mass is 16.6. The molecule has 0 heterocycles. The summed E-state index contributed by atoms with van der Waals surface area (Å²) in [5.74, 6) is -0.172. The molecular weight excluding hydrogens is 492 g/mol. The topological polar surface area (TPSA) is 109 Å². The summed E-state index contributed by atoms with van der Waals surface area (Å²) in [6.07, 6.45) is 0.552. The van der Waals surface area contributed by atoms with Crippen LogP contribution in [0.25, 0.3) is 0 Å². The molecule has 0 saturated heterocycles. The molecule has 1 fully saturated rings. The zero-order valence-corrected chi connectivity index (χ0v) is 22.6. The third-order valence-electron chi connectivity index (χ3n) is 6.27. The van der Waals surface area contributed by atoms with Gasteiger partial charge in [-0.2, -0.15) is 0 Å². The SMILES string of the molecule is CC(C)(C)NC(=O)O[C@@H]1C[C@H]1c1ccc(NC(=O)C(Cc2ccccc2)NC(=O)NCc2ccccc2)cc1. The number of rotatable bonds is 9. The van der Waals surface area contributed by atoms with E-state index in [9.17, 15) is 14.4 Å². The molecule has 0 radical (unpaired) electrons. The summed E-state index contributed by atoms with van der Waals surface area (Å²) in [5.41, 5.74) is 3.22. The van der Waals surface area contributed by atoms with E-state index in [0.717, 1.165) is 23.1 Å². The first-order chi connectivity index (χ1) is 18.7. The van der Waals surface area contributed by atoms with Crippen LogP contribution in [0.3, 0.4) is 0 Å². The maximum absolute atomic E-state index is 13.2. The smallest absolute Gasteiger partial charge is 0.407 e. The van der Waals surface area contributed by atoms with E-state index in [2.05, 4.69) is 21.3 Å². The van der Waals surface area contributed by atoms with Gasteiger partial charge in [-0.3, -0.25) is 4.79 Å². The second-order valence-corrected chi connectivity index (χ2v) is 10.8. The highest BCUT2D eigenvalue weighted by molar-refractivity contribution is 5.97. The molecule has 0 spiro atoms. The van der Waals surface area contributed by atoms with Crippen LogP contribution in [0.2, 0.25) is 0 Å². The van der Waals surface area contributed by atoms with Crippen LogP contribution >= 0.6 is 0 Å². The number of alkyl carbamates (subject to hydrolysis) is 1. The number of carbonyl (C=O) groups excluding carboxylic acids is 3. The van der Waals surface area contributed by atoms with Crippen LogP contribution in [0.1, 0.15) is 49.8 Å². The maximum atomic E-state index is 13.2. The molecule has 4 amide bonds. The summed E-state index contributed by atoms with van der Waals surface area (Å²) >= 11 is 0. The normalized spacial score (nSPS) is 16.9. The first kappa shape index (κ1) is 27.7. The largest absolute Gasteiger partial charge is 0.446 e. The molecule has 0 aliphatic heterocycles. The van der Waals surface area contributed by atoms with Crippen molar-refractivity contribution in [1.29, 1.82) is 0 Å². The first-order valence-corrected chi connectivity index (χ1v) is 13.2. The first-order valence-electron chi connectivity index (χ1n) is 13.2. The number of anilines is 1. The fraction of sp³-hybridized carbons (Fsp3) is 0.323. The quantitative estimate of drug-likeness (QED) is 0.309. The molecular formula is C31H36N4O4. The summed E-state index contributed by atoms with van der Waals surface area (Å²) in [5, 5.41) is 11.4. The van der Waals surface area contributed by atoms with Crippen LogP contribution in [-0.2, 0) is 22.5 Å². The Hall–Kier alpha value is -4.33. The van der Waals surface area contributed by atoms with E-state index in [1.165, 1.54) is 0 Å². The zero-order chi connectivity index (χ0) is 27.8. The Bertz CT molecular complexity index is 1260. The Morgan fingerprint density at radius 2 is 1.49 bits per heavy atom. The van der Waals surface area contributed by atoms with Crippen molar-refractivity contribution < 1.29 is 19.1 Å². The van der Waals surface area contributed by atoms with Crippen molar-refractivity contribution in [2.45, 2.75) is 63.8 Å². The molecule has 8 nitrogen and oxygen atoms in total. The van der Waals surface area contributed by atoms with Crippen molar-refractivity contribution in [2.75, 3.05) is 5.32 Å². The standard InChI is InChI=1S/C31H36N4O4/c1-31(2,3)35-30(38)39-27-19-25(27)23-14-16-24(17-15-23)33-28(36)26(18-21-10-6-4-7-11-21)34-29(37)32-20-22-12-8-5-9-13-22/h4-17,25-27H,18-20H2,1-3H3,(H,33,36)(H,35,38)(H2,32,34,37)/t25-,26?,27+/m0/s1. The van der Waals surface area contributed by atoms with Crippen LogP contribution in [0.5, 0.6) is 0 Å². The predicted molar refractivity (Wildman–Crippen MR) is 151 cm³/mol. The van der Waals surface area contributed by atoms with Gasteiger partial charge in [0.1, 0.15) is 12.1 Å². The Morgan fingerprint density at radius 1 is 0.872 bits per heavy atom. The second kappa shape index (κ2) is 12.5. The van der Waals surface area contributed by atoms with E-state index in [1.807, 2.05) is 106 Å². The molecule has 1 aliphatic carbocycles. The maximum Gasteiger partial charge on any atom is 0.407 e. The van der Waals surface area contributed by atoms with Gasteiger partial charge in [0.05, 0.1) is 0 Å². The van der Waals surface area contributed by atoms with E-state index < -0.39 is 18.2 Å². The second-order valence-electron chi connectivity index (χ2n) is 10.8. The van der Waals surface area contributed by atoms with Crippen LogP contribution in [0, 0.1) is 0 Å². The number of benzene rings is 3. The zero-order valence-electron chi connectivity index (χ0n) is 22.6. The van der Waals surface area contributed by atoms with Crippen molar-refractivity contribution >= 4 is 23.7 Å². The highest BCUT2D eigenvalue weighted by Crippen LogP contribution is 2.43. The van der Waals surface area contributed by atoms with Gasteiger partial charge in [0, 0.05) is 30.1 Å². The number of carbonyl (C=O) groups is 3. The van der Waals surface area contributed by atoms with Gasteiger partial charge in [-0.15, -0.1) is 0 Å². The van der Waals surface area contributed by atoms with Crippen LogP contribution in [0.4, 0.5) is 15.3 Å². The van der Waals surface area contributed by atoms with Gasteiger partial charge < -0.3 is 26.0 Å². The Balaban J connectivity index is 1.33. The summed E-state index contributed by atoms with van der Waals surface area (Å²) in [6.45, 7) is 6.08. The third kappa shape index (κ3) is 8.88. The fourth-order valence-electron chi connectivity index (χ4n) is 4.22. The molecule has 39 heavy (non-hydrogen) atoms. The molecule has 1 saturated carbocycles. The molecule has 1 aliphatic rings. The van der Waals surface area contributed by atoms with Gasteiger partial charge >= 0.3 is 12.1 Å². The molecule has 204 valence electrons. The minimum atomic E-state index is -0.773. The minimum Gasteiger partial charge on any atom is -0.446 e. The van der Waals surface area contributed by atoms with Gasteiger partial charge in [-0.05, 0) is 56.0 Å². The monoisotopic (exact) mass is 528 g/mol. The lowest BCUT2D eigenvalue weighted by molar-refractivity contribution is -0.117. The van der Waals surface area contributed by atoms with E-state index in [1.54, 1.807) is 0 Å². The van der Waals surface area contributed by atoms with Crippen molar-refractivity contribution in [2.24, 2.45) is 0 Å². The van der Waals surface area contributed by atoms with Crippen LogP contribution in [0.15, 0.2) is 84.9 Å². The Kier molecular flexibility index (Phi) is 8.86.